The fourth-order valence-electron chi connectivity index (χ4n) is 1.72. The minimum absolute atomic E-state index is 0.288. The Kier molecular flexibility index (Phi) is 5.21. The van der Waals surface area contributed by atoms with Gasteiger partial charge in [0.05, 0.1) is 6.61 Å². The van der Waals surface area contributed by atoms with Crippen molar-refractivity contribution in [3.63, 3.8) is 0 Å². The molecule has 4 heteroatoms. The molecule has 0 aliphatic heterocycles. The minimum Gasteiger partial charge on any atom is -0.313 e. The van der Waals surface area contributed by atoms with Gasteiger partial charge < -0.3 is 4.52 Å². The summed E-state index contributed by atoms with van der Waals surface area (Å²) in [4.78, 5) is 0. The number of halogens is 1. The molecule has 0 aliphatic rings. The average Bonchev–Trinajstić information content (AvgIpc) is 2.46. The molecule has 0 spiro atoms. The van der Waals surface area contributed by atoms with Crippen LogP contribution in [0.4, 0.5) is 0 Å². The predicted molar refractivity (Wildman–Crippen MR) is 79.7 cm³/mol. The van der Waals surface area contributed by atoms with Gasteiger partial charge in [0.2, 0.25) is 0 Å². The molecule has 0 heterocycles. The first-order valence-corrected chi connectivity index (χ1v) is 8.88. The van der Waals surface area contributed by atoms with Gasteiger partial charge in [0.15, 0.2) is 0 Å². The molecule has 0 aliphatic carbocycles. The lowest BCUT2D eigenvalue weighted by Crippen LogP contribution is -1.95. The minimum atomic E-state index is -3.05. The number of hydrogen-bond donors (Lipinski definition) is 0. The summed E-state index contributed by atoms with van der Waals surface area (Å²) in [6.45, 7) is -2.76. The molecule has 100 valence electrons. The first kappa shape index (κ1) is 14.3. The Labute approximate surface area is 118 Å². The molecule has 2 rings (SSSR count). The maximum atomic E-state index is 12.1. The van der Waals surface area contributed by atoms with Crippen molar-refractivity contribution in [2.75, 3.05) is 6.16 Å². The molecule has 0 unspecified atom stereocenters. The van der Waals surface area contributed by atoms with Crippen LogP contribution >= 0.6 is 18.0 Å². The van der Waals surface area contributed by atoms with Gasteiger partial charge in [-0.3, -0.25) is 4.57 Å². The van der Waals surface area contributed by atoms with Crippen LogP contribution in [0.3, 0.4) is 0 Å². The van der Waals surface area contributed by atoms with Crippen LogP contribution in [-0.4, -0.2) is 6.16 Å². The van der Waals surface area contributed by atoms with E-state index in [0.29, 0.717) is 12.6 Å². The molecular formula is C15H16ClO2P. The van der Waals surface area contributed by atoms with Crippen molar-refractivity contribution in [3.05, 3.63) is 71.8 Å². The van der Waals surface area contributed by atoms with Crippen LogP contribution in [0.15, 0.2) is 60.7 Å². The van der Waals surface area contributed by atoms with Gasteiger partial charge in [-0.05, 0) is 28.8 Å². The van der Waals surface area contributed by atoms with E-state index in [9.17, 15) is 4.57 Å². The molecule has 1 atom stereocenters. The molecule has 0 amide bonds. The van der Waals surface area contributed by atoms with Crippen molar-refractivity contribution in [1.82, 2.24) is 0 Å². The molecule has 2 nitrogen and oxygen atoms in total. The van der Waals surface area contributed by atoms with Gasteiger partial charge in [-0.1, -0.05) is 60.7 Å². The maximum absolute atomic E-state index is 12.1. The van der Waals surface area contributed by atoms with Gasteiger partial charge in [-0.15, -0.1) is 0 Å². The van der Waals surface area contributed by atoms with E-state index >= 15 is 0 Å². The largest absolute Gasteiger partial charge is 0.313 e. The molecular weight excluding hydrogens is 279 g/mol. The summed E-state index contributed by atoms with van der Waals surface area (Å²) in [6, 6.07) is 19.5. The van der Waals surface area contributed by atoms with Crippen LogP contribution < -0.4 is 0 Å². The van der Waals surface area contributed by atoms with Gasteiger partial charge in [-0.25, -0.2) is 0 Å². The van der Waals surface area contributed by atoms with Gasteiger partial charge in [0, 0.05) is 6.16 Å². The third kappa shape index (κ3) is 5.20. The Bertz CT molecular complexity index is 495. The molecule has 0 aromatic heterocycles. The highest BCUT2D eigenvalue weighted by Gasteiger charge is 2.19. The van der Waals surface area contributed by atoms with Crippen LogP contribution in [0.1, 0.15) is 11.1 Å². The Hall–Kier alpha value is -1.08. The second-order valence-corrected chi connectivity index (χ2v) is 7.74. The number of aryl methyl sites for hydroxylation is 1. The van der Waals surface area contributed by atoms with Crippen molar-refractivity contribution in [2.45, 2.75) is 13.0 Å². The molecule has 19 heavy (non-hydrogen) atoms. The Balaban J connectivity index is 1.84. The van der Waals surface area contributed by atoms with Gasteiger partial charge >= 0.3 is 0 Å². The summed E-state index contributed by atoms with van der Waals surface area (Å²) >= 11 is 5.97. The summed E-state index contributed by atoms with van der Waals surface area (Å²) in [7, 11) is 0. The van der Waals surface area contributed by atoms with E-state index < -0.39 is 6.72 Å². The molecule has 0 N–H and O–H groups in total. The Morgan fingerprint density at radius 2 is 1.42 bits per heavy atom. The predicted octanol–water partition coefficient (Wildman–Crippen LogP) is 4.88. The Morgan fingerprint density at radius 3 is 2.00 bits per heavy atom. The van der Waals surface area contributed by atoms with Crippen molar-refractivity contribution < 1.29 is 9.09 Å². The third-order valence-electron chi connectivity index (χ3n) is 2.78. The van der Waals surface area contributed by atoms with Gasteiger partial charge in [-0.2, -0.15) is 0 Å². The second-order valence-electron chi connectivity index (χ2n) is 4.31. The first-order chi connectivity index (χ1) is 9.16. The fourth-order valence-corrected chi connectivity index (χ4v) is 3.11. The summed E-state index contributed by atoms with van der Waals surface area (Å²) in [5.41, 5.74) is 2.09. The van der Waals surface area contributed by atoms with E-state index in [1.807, 2.05) is 60.7 Å². The first-order valence-electron chi connectivity index (χ1n) is 6.17. The number of benzene rings is 2. The van der Waals surface area contributed by atoms with Crippen molar-refractivity contribution >= 4 is 18.0 Å². The Morgan fingerprint density at radius 1 is 0.895 bits per heavy atom. The quantitative estimate of drug-likeness (QED) is 0.710. The van der Waals surface area contributed by atoms with E-state index in [1.165, 1.54) is 0 Å². The van der Waals surface area contributed by atoms with E-state index in [2.05, 4.69) is 0 Å². The lowest BCUT2D eigenvalue weighted by atomic mass is 10.2. The lowest BCUT2D eigenvalue weighted by Gasteiger charge is -2.11. The molecule has 0 saturated carbocycles. The average molecular weight is 295 g/mol. The molecule has 0 saturated heterocycles. The highest BCUT2D eigenvalue weighted by Crippen LogP contribution is 2.53. The second kappa shape index (κ2) is 6.91. The van der Waals surface area contributed by atoms with E-state index in [0.717, 1.165) is 11.1 Å². The summed E-state index contributed by atoms with van der Waals surface area (Å²) in [5.74, 6) is 0. The highest BCUT2D eigenvalue weighted by molar-refractivity contribution is 7.85. The number of rotatable bonds is 6. The number of hydrogen-bond acceptors (Lipinski definition) is 2. The van der Waals surface area contributed by atoms with Crippen LogP contribution in [0.2, 0.25) is 0 Å². The molecule has 2 aromatic carbocycles. The summed E-state index contributed by atoms with van der Waals surface area (Å²) < 4.78 is 17.5. The van der Waals surface area contributed by atoms with E-state index in [4.69, 9.17) is 15.8 Å². The third-order valence-corrected chi connectivity index (χ3v) is 4.85. The van der Waals surface area contributed by atoms with E-state index in [1.54, 1.807) is 0 Å². The van der Waals surface area contributed by atoms with Crippen LogP contribution in [-0.2, 0) is 22.1 Å². The van der Waals surface area contributed by atoms with Gasteiger partial charge in [0.1, 0.15) is 0 Å². The molecule has 0 radical (unpaired) electrons. The zero-order valence-corrected chi connectivity index (χ0v) is 12.2. The molecule has 2 aromatic rings. The highest BCUT2D eigenvalue weighted by atomic mass is 35.7. The van der Waals surface area contributed by atoms with Crippen molar-refractivity contribution in [2.24, 2.45) is 0 Å². The monoisotopic (exact) mass is 294 g/mol. The molecule has 0 fully saturated rings. The summed E-state index contributed by atoms with van der Waals surface area (Å²) in [6.07, 6.45) is 1.02. The van der Waals surface area contributed by atoms with Gasteiger partial charge in [0.25, 0.3) is 6.72 Å². The van der Waals surface area contributed by atoms with Crippen LogP contribution in [0.25, 0.3) is 0 Å². The van der Waals surface area contributed by atoms with Crippen molar-refractivity contribution in [3.8, 4) is 0 Å². The van der Waals surface area contributed by atoms with Crippen molar-refractivity contribution in [1.29, 1.82) is 0 Å². The maximum Gasteiger partial charge on any atom is 0.290 e. The lowest BCUT2D eigenvalue weighted by molar-refractivity contribution is 0.313. The molecule has 0 bridgehead atoms. The smallest absolute Gasteiger partial charge is 0.290 e. The zero-order valence-electron chi connectivity index (χ0n) is 10.5. The van der Waals surface area contributed by atoms with E-state index in [-0.39, 0.29) is 6.61 Å². The zero-order chi connectivity index (χ0) is 13.6. The normalized spacial score (nSPS) is 13.9. The van der Waals surface area contributed by atoms with Crippen LogP contribution in [0.5, 0.6) is 0 Å². The SMILES string of the molecule is O=[P@](Cl)(CCc1ccccc1)OCc1ccccc1. The standard InChI is InChI=1S/C15H16ClO2P/c16-19(17,12-11-14-7-3-1-4-8-14)18-13-15-9-5-2-6-10-15/h1-10H,11-13H2/t19-/m1/s1. The fraction of sp³-hybridized carbons (Fsp3) is 0.200. The van der Waals surface area contributed by atoms with Crippen LogP contribution in [0, 0.1) is 0 Å². The topological polar surface area (TPSA) is 26.3 Å². The summed E-state index contributed by atoms with van der Waals surface area (Å²) in [5, 5.41) is 0.